The van der Waals surface area contributed by atoms with Gasteiger partial charge in [-0.15, -0.1) is 6.58 Å². The first-order chi connectivity index (χ1) is 6.85. The maximum Gasteiger partial charge on any atom is 0.0111 e. The molecule has 0 spiro atoms. The predicted molar refractivity (Wildman–Crippen MR) is 69.1 cm³/mol. The normalized spacial score (nSPS) is 12.7. The Morgan fingerprint density at radius 2 is 2.21 bits per heavy atom. The van der Waals surface area contributed by atoms with Gasteiger partial charge in [-0.2, -0.15) is 11.8 Å². The van der Waals surface area contributed by atoms with Gasteiger partial charge in [0.2, 0.25) is 0 Å². The van der Waals surface area contributed by atoms with Crippen LogP contribution in [0.4, 0.5) is 0 Å². The van der Waals surface area contributed by atoms with E-state index in [2.05, 4.69) is 25.7 Å². The molecule has 0 bridgehead atoms. The minimum atomic E-state index is 0.735. The Labute approximate surface area is 93.7 Å². The Bertz CT molecular complexity index is 125. The SMILES string of the molecule is C=CCSCCNC(CC)CCCC. The van der Waals surface area contributed by atoms with Crippen LogP contribution in [0.15, 0.2) is 12.7 Å². The fourth-order valence-corrected chi connectivity index (χ4v) is 2.00. The Morgan fingerprint density at radius 3 is 2.79 bits per heavy atom. The lowest BCUT2D eigenvalue weighted by molar-refractivity contribution is 0.466. The van der Waals surface area contributed by atoms with Gasteiger partial charge in [0.1, 0.15) is 0 Å². The van der Waals surface area contributed by atoms with E-state index in [-0.39, 0.29) is 0 Å². The minimum absolute atomic E-state index is 0.735. The van der Waals surface area contributed by atoms with Gasteiger partial charge < -0.3 is 5.32 Å². The smallest absolute Gasteiger partial charge is 0.0111 e. The van der Waals surface area contributed by atoms with E-state index >= 15 is 0 Å². The Balaban J connectivity index is 3.28. The predicted octanol–water partition coefficient (Wildman–Crippen LogP) is 3.46. The molecule has 0 fully saturated rings. The van der Waals surface area contributed by atoms with E-state index in [0.29, 0.717) is 0 Å². The maximum absolute atomic E-state index is 3.71. The van der Waals surface area contributed by atoms with Crippen molar-refractivity contribution in [2.24, 2.45) is 0 Å². The summed E-state index contributed by atoms with van der Waals surface area (Å²) in [4.78, 5) is 0. The van der Waals surface area contributed by atoms with Crippen molar-refractivity contribution in [1.29, 1.82) is 0 Å². The first-order valence-corrected chi connectivity index (χ1v) is 6.92. The van der Waals surface area contributed by atoms with Crippen LogP contribution in [0, 0.1) is 0 Å². The monoisotopic (exact) mass is 215 g/mol. The van der Waals surface area contributed by atoms with E-state index in [1.54, 1.807) is 0 Å². The summed E-state index contributed by atoms with van der Waals surface area (Å²) in [5.74, 6) is 2.28. The van der Waals surface area contributed by atoms with E-state index in [1.807, 2.05) is 17.8 Å². The molecule has 0 radical (unpaired) electrons. The first-order valence-electron chi connectivity index (χ1n) is 5.77. The number of unbranched alkanes of at least 4 members (excludes halogenated alkanes) is 1. The third kappa shape index (κ3) is 8.64. The molecule has 84 valence electrons. The van der Waals surface area contributed by atoms with E-state index < -0.39 is 0 Å². The van der Waals surface area contributed by atoms with Crippen LogP contribution in [0.1, 0.15) is 39.5 Å². The highest BCUT2D eigenvalue weighted by atomic mass is 32.2. The van der Waals surface area contributed by atoms with Crippen LogP contribution in [-0.4, -0.2) is 24.1 Å². The number of hydrogen-bond acceptors (Lipinski definition) is 2. The summed E-state index contributed by atoms with van der Waals surface area (Å²) in [6.07, 6.45) is 7.22. The van der Waals surface area contributed by atoms with Crippen LogP contribution in [0.25, 0.3) is 0 Å². The maximum atomic E-state index is 3.71. The molecule has 0 aromatic heterocycles. The number of nitrogens with one attached hydrogen (secondary N) is 1. The van der Waals surface area contributed by atoms with E-state index in [1.165, 1.54) is 31.4 Å². The molecule has 0 aromatic rings. The second-order valence-corrected chi connectivity index (χ2v) is 4.71. The summed E-state index contributed by atoms with van der Waals surface area (Å²) < 4.78 is 0. The summed E-state index contributed by atoms with van der Waals surface area (Å²) >= 11 is 1.95. The van der Waals surface area contributed by atoms with Crippen LogP contribution in [-0.2, 0) is 0 Å². The molecular formula is C12H25NS. The standard InChI is InChI=1S/C12H25NS/c1-4-7-8-12(6-3)13-9-11-14-10-5-2/h5,12-13H,2,4,6-11H2,1,3H3. The number of rotatable bonds is 10. The summed E-state index contributed by atoms with van der Waals surface area (Å²) in [7, 11) is 0. The lowest BCUT2D eigenvalue weighted by Gasteiger charge is -2.16. The van der Waals surface area contributed by atoms with Crippen LogP contribution in [0.3, 0.4) is 0 Å². The lowest BCUT2D eigenvalue weighted by atomic mass is 10.1. The largest absolute Gasteiger partial charge is 0.313 e. The molecule has 1 atom stereocenters. The fourth-order valence-electron chi connectivity index (χ4n) is 1.40. The van der Waals surface area contributed by atoms with Gasteiger partial charge in [0, 0.05) is 24.1 Å². The fraction of sp³-hybridized carbons (Fsp3) is 0.833. The zero-order valence-corrected chi connectivity index (χ0v) is 10.5. The van der Waals surface area contributed by atoms with E-state index in [4.69, 9.17) is 0 Å². The van der Waals surface area contributed by atoms with Gasteiger partial charge in [-0.25, -0.2) is 0 Å². The third-order valence-corrected chi connectivity index (χ3v) is 3.28. The summed E-state index contributed by atoms with van der Waals surface area (Å²) in [6, 6.07) is 0.735. The minimum Gasteiger partial charge on any atom is -0.313 e. The van der Waals surface area contributed by atoms with E-state index in [0.717, 1.165) is 18.3 Å². The Hall–Kier alpha value is 0.0500. The highest BCUT2D eigenvalue weighted by molar-refractivity contribution is 7.99. The van der Waals surface area contributed by atoms with Gasteiger partial charge in [-0.05, 0) is 12.8 Å². The quantitative estimate of drug-likeness (QED) is 0.442. The molecule has 0 aliphatic carbocycles. The van der Waals surface area contributed by atoms with Crippen molar-refractivity contribution >= 4 is 11.8 Å². The molecule has 1 nitrogen and oxygen atoms in total. The van der Waals surface area contributed by atoms with Crippen molar-refractivity contribution in [2.75, 3.05) is 18.1 Å². The Kier molecular flexibility index (Phi) is 11.2. The zero-order valence-electron chi connectivity index (χ0n) is 9.72. The lowest BCUT2D eigenvalue weighted by Crippen LogP contribution is -2.30. The van der Waals surface area contributed by atoms with Crippen LogP contribution < -0.4 is 5.32 Å². The average molecular weight is 215 g/mol. The Morgan fingerprint density at radius 1 is 1.43 bits per heavy atom. The third-order valence-electron chi connectivity index (χ3n) is 2.31. The van der Waals surface area contributed by atoms with E-state index in [9.17, 15) is 0 Å². The van der Waals surface area contributed by atoms with Gasteiger partial charge >= 0.3 is 0 Å². The van der Waals surface area contributed by atoms with Crippen molar-refractivity contribution in [1.82, 2.24) is 5.32 Å². The van der Waals surface area contributed by atoms with Gasteiger partial charge in [0.15, 0.2) is 0 Å². The summed E-state index contributed by atoms with van der Waals surface area (Å²) in [5, 5.41) is 3.61. The number of thioether (sulfide) groups is 1. The second kappa shape index (κ2) is 11.1. The van der Waals surface area contributed by atoms with Crippen molar-refractivity contribution in [2.45, 2.75) is 45.6 Å². The molecular weight excluding hydrogens is 190 g/mol. The molecule has 0 aliphatic heterocycles. The van der Waals surface area contributed by atoms with Gasteiger partial charge in [-0.1, -0.05) is 32.8 Å². The van der Waals surface area contributed by atoms with Crippen LogP contribution in [0.2, 0.25) is 0 Å². The zero-order chi connectivity index (χ0) is 10.6. The van der Waals surface area contributed by atoms with Crippen LogP contribution >= 0.6 is 11.8 Å². The van der Waals surface area contributed by atoms with Gasteiger partial charge in [0.05, 0.1) is 0 Å². The molecule has 14 heavy (non-hydrogen) atoms. The second-order valence-electron chi connectivity index (χ2n) is 3.57. The molecule has 0 amide bonds. The molecule has 1 unspecified atom stereocenters. The molecule has 0 heterocycles. The van der Waals surface area contributed by atoms with Gasteiger partial charge in [0.25, 0.3) is 0 Å². The molecule has 1 N–H and O–H groups in total. The average Bonchev–Trinajstić information content (AvgIpc) is 2.22. The molecule has 0 saturated carbocycles. The highest BCUT2D eigenvalue weighted by Crippen LogP contribution is 2.04. The summed E-state index contributed by atoms with van der Waals surface area (Å²) in [5.41, 5.74) is 0. The highest BCUT2D eigenvalue weighted by Gasteiger charge is 2.03. The summed E-state index contributed by atoms with van der Waals surface area (Å²) in [6.45, 7) is 9.37. The van der Waals surface area contributed by atoms with Crippen LogP contribution in [0.5, 0.6) is 0 Å². The van der Waals surface area contributed by atoms with Crippen molar-refractivity contribution in [3.05, 3.63) is 12.7 Å². The molecule has 0 aliphatic rings. The molecule has 0 aromatic carbocycles. The van der Waals surface area contributed by atoms with Crippen molar-refractivity contribution in [3.8, 4) is 0 Å². The van der Waals surface area contributed by atoms with Crippen molar-refractivity contribution < 1.29 is 0 Å². The first kappa shape index (κ1) is 14.1. The van der Waals surface area contributed by atoms with Crippen molar-refractivity contribution in [3.63, 3.8) is 0 Å². The topological polar surface area (TPSA) is 12.0 Å². The molecule has 0 rings (SSSR count). The number of hydrogen-bond donors (Lipinski definition) is 1. The molecule has 2 heteroatoms. The molecule has 0 saturated heterocycles. The van der Waals surface area contributed by atoms with Gasteiger partial charge in [-0.3, -0.25) is 0 Å².